The number of anilines is 1. The molecule has 16 heavy (non-hydrogen) atoms. The monoisotopic (exact) mass is 283 g/mol. The molecule has 0 aliphatic heterocycles. The molecular weight excluding hydrogens is 266 g/mol. The average molecular weight is 284 g/mol. The van der Waals surface area contributed by atoms with Gasteiger partial charge in [0.15, 0.2) is 6.29 Å². The molecule has 0 spiro atoms. The van der Waals surface area contributed by atoms with E-state index >= 15 is 0 Å². The summed E-state index contributed by atoms with van der Waals surface area (Å²) in [4.78, 5) is 13.0. The Hall–Kier alpha value is -0.830. The summed E-state index contributed by atoms with van der Waals surface area (Å²) in [6, 6.07) is 5.89. The maximum atomic E-state index is 10.7. The number of hydrogen-bond acceptors (Lipinski definition) is 2. The lowest BCUT2D eigenvalue weighted by atomic mass is 10.2. The molecule has 1 aromatic rings. The van der Waals surface area contributed by atoms with E-state index in [2.05, 4.69) is 34.7 Å². The number of nitrogens with zero attached hydrogens (tertiary/aromatic N) is 1. The number of hydrogen-bond donors (Lipinski definition) is 0. The quantitative estimate of drug-likeness (QED) is 0.739. The van der Waals surface area contributed by atoms with Crippen LogP contribution < -0.4 is 4.90 Å². The molecule has 88 valence electrons. The second-order valence-electron chi connectivity index (χ2n) is 3.76. The summed E-state index contributed by atoms with van der Waals surface area (Å²) in [5, 5.41) is 0. The molecule has 0 aliphatic rings. The second-order valence-corrected chi connectivity index (χ2v) is 4.61. The standard InChI is InChI=1S/C13H18BrNO/c1-3-5-8-15(4-2)12-7-6-11(10-16)13(14)9-12/h6-7,9-10H,3-5,8H2,1-2H3. The van der Waals surface area contributed by atoms with E-state index in [-0.39, 0.29) is 0 Å². The van der Waals surface area contributed by atoms with Crippen molar-refractivity contribution in [2.75, 3.05) is 18.0 Å². The minimum atomic E-state index is 0.704. The predicted molar refractivity (Wildman–Crippen MR) is 72.3 cm³/mol. The van der Waals surface area contributed by atoms with Crippen molar-refractivity contribution in [3.63, 3.8) is 0 Å². The van der Waals surface area contributed by atoms with Crippen LogP contribution in [0.25, 0.3) is 0 Å². The van der Waals surface area contributed by atoms with Gasteiger partial charge in [0, 0.05) is 28.8 Å². The van der Waals surface area contributed by atoms with E-state index in [0.29, 0.717) is 5.56 Å². The molecule has 2 nitrogen and oxygen atoms in total. The third-order valence-corrected chi connectivity index (χ3v) is 3.33. The number of carbonyl (C=O) groups excluding carboxylic acids is 1. The number of benzene rings is 1. The summed E-state index contributed by atoms with van der Waals surface area (Å²) in [6.07, 6.45) is 3.27. The topological polar surface area (TPSA) is 20.3 Å². The number of halogens is 1. The number of aldehydes is 1. The first kappa shape index (κ1) is 13.2. The molecule has 1 aromatic carbocycles. The van der Waals surface area contributed by atoms with Gasteiger partial charge in [-0.15, -0.1) is 0 Å². The minimum Gasteiger partial charge on any atom is -0.372 e. The highest BCUT2D eigenvalue weighted by molar-refractivity contribution is 9.10. The largest absolute Gasteiger partial charge is 0.372 e. The SMILES string of the molecule is CCCCN(CC)c1ccc(C=O)c(Br)c1. The Bertz CT molecular complexity index is 352. The van der Waals surface area contributed by atoms with Crippen molar-refractivity contribution >= 4 is 27.9 Å². The van der Waals surface area contributed by atoms with Crippen molar-refractivity contribution in [1.29, 1.82) is 0 Å². The van der Waals surface area contributed by atoms with Crippen molar-refractivity contribution in [2.45, 2.75) is 26.7 Å². The lowest BCUT2D eigenvalue weighted by Gasteiger charge is -2.23. The fraction of sp³-hybridized carbons (Fsp3) is 0.462. The molecule has 0 aromatic heterocycles. The van der Waals surface area contributed by atoms with E-state index in [9.17, 15) is 4.79 Å². The highest BCUT2D eigenvalue weighted by Crippen LogP contribution is 2.23. The van der Waals surface area contributed by atoms with E-state index in [1.807, 2.05) is 18.2 Å². The van der Waals surface area contributed by atoms with Crippen LogP contribution in [0.3, 0.4) is 0 Å². The van der Waals surface area contributed by atoms with Crippen molar-refractivity contribution in [3.05, 3.63) is 28.2 Å². The molecule has 0 N–H and O–H groups in total. The summed E-state index contributed by atoms with van der Waals surface area (Å²) in [5.74, 6) is 0. The van der Waals surface area contributed by atoms with Gasteiger partial charge in [-0.3, -0.25) is 4.79 Å². The summed E-state index contributed by atoms with van der Waals surface area (Å²) in [7, 11) is 0. The molecule has 0 bridgehead atoms. The number of carbonyl (C=O) groups is 1. The Morgan fingerprint density at radius 2 is 2.12 bits per heavy atom. The van der Waals surface area contributed by atoms with E-state index in [1.54, 1.807) is 0 Å². The second kappa shape index (κ2) is 6.69. The van der Waals surface area contributed by atoms with Crippen molar-refractivity contribution in [1.82, 2.24) is 0 Å². The molecule has 0 radical (unpaired) electrons. The molecule has 0 saturated carbocycles. The van der Waals surface area contributed by atoms with Gasteiger partial charge in [0.05, 0.1) is 0 Å². The van der Waals surface area contributed by atoms with Gasteiger partial charge in [-0.2, -0.15) is 0 Å². The van der Waals surface area contributed by atoms with E-state index in [4.69, 9.17) is 0 Å². The van der Waals surface area contributed by atoms with Crippen LogP contribution >= 0.6 is 15.9 Å². The van der Waals surface area contributed by atoms with Crippen LogP contribution in [0.2, 0.25) is 0 Å². The van der Waals surface area contributed by atoms with Crippen LogP contribution in [-0.4, -0.2) is 19.4 Å². The van der Waals surface area contributed by atoms with Crippen LogP contribution in [0.5, 0.6) is 0 Å². The lowest BCUT2D eigenvalue weighted by Crippen LogP contribution is -2.23. The number of unbranched alkanes of at least 4 members (excludes halogenated alkanes) is 1. The molecule has 0 fully saturated rings. The van der Waals surface area contributed by atoms with Crippen molar-refractivity contribution in [2.24, 2.45) is 0 Å². The highest BCUT2D eigenvalue weighted by atomic mass is 79.9. The smallest absolute Gasteiger partial charge is 0.151 e. The van der Waals surface area contributed by atoms with Crippen LogP contribution in [0.1, 0.15) is 37.0 Å². The van der Waals surface area contributed by atoms with Crippen LogP contribution in [0, 0.1) is 0 Å². The Morgan fingerprint density at radius 1 is 1.38 bits per heavy atom. The normalized spacial score (nSPS) is 10.2. The lowest BCUT2D eigenvalue weighted by molar-refractivity contribution is 0.112. The maximum Gasteiger partial charge on any atom is 0.151 e. The van der Waals surface area contributed by atoms with Crippen LogP contribution in [-0.2, 0) is 0 Å². The molecule has 1 rings (SSSR count). The van der Waals surface area contributed by atoms with E-state index in [0.717, 1.165) is 23.8 Å². The fourth-order valence-electron chi connectivity index (χ4n) is 1.63. The van der Waals surface area contributed by atoms with E-state index < -0.39 is 0 Å². The van der Waals surface area contributed by atoms with Gasteiger partial charge in [-0.25, -0.2) is 0 Å². The Labute approximate surface area is 106 Å². The summed E-state index contributed by atoms with van der Waals surface area (Å²) < 4.78 is 0.870. The minimum absolute atomic E-state index is 0.704. The molecule has 0 saturated heterocycles. The van der Waals surface area contributed by atoms with Gasteiger partial charge >= 0.3 is 0 Å². The zero-order valence-electron chi connectivity index (χ0n) is 9.87. The van der Waals surface area contributed by atoms with Crippen LogP contribution in [0.4, 0.5) is 5.69 Å². The zero-order chi connectivity index (χ0) is 12.0. The molecule has 0 atom stereocenters. The Kier molecular flexibility index (Phi) is 5.53. The number of rotatable bonds is 6. The van der Waals surface area contributed by atoms with Gasteiger partial charge in [0.25, 0.3) is 0 Å². The highest BCUT2D eigenvalue weighted by Gasteiger charge is 2.06. The summed E-state index contributed by atoms with van der Waals surface area (Å²) in [5.41, 5.74) is 1.88. The molecular formula is C13H18BrNO. The Morgan fingerprint density at radius 3 is 2.62 bits per heavy atom. The molecule has 0 aliphatic carbocycles. The first-order chi connectivity index (χ1) is 7.72. The maximum absolute atomic E-state index is 10.7. The fourth-order valence-corrected chi connectivity index (χ4v) is 2.09. The van der Waals surface area contributed by atoms with Gasteiger partial charge < -0.3 is 4.90 Å². The molecule has 3 heteroatoms. The first-order valence-corrected chi connectivity index (χ1v) is 6.51. The first-order valence-electron chi connectivity index (χ1n) is 5.72. The summed E-state index contributed by atoms with van der Waals surface area (Å²) >= 11 is 3.42. The Balaban J connectivity index is 2.84. The predicted octanol–water partition coefficient (Wildman–Crippen LogP) is 3.89. The molecule has 0 heterocycles. The van der Waals surface area contributed by atoms with Crippen molar-refractivity contribution < 1.29 is 4.79 Å². The van der Waals surface area contributed by atoms with Gasteiger partial charge in [-0.1, -0.05) is 13.3 Å². The molecule has 0 amide bonds. The van der Waals surface area contributed by atoms with E-state index in [1.165, 1.54) is 18.5 Å². The molecule has 0 unspecified atom stereocenters. The van der Waals surface area contributed by atoms with Gasteiger partial charge in [-0.05, 0) is 47.5 Å². The van der Waals surface area contributed by atoms with Gasteiger partial charge in [0.1, 0.15) is 0 Å². The average Bonchev–Trinajstić information content (AvgIpc) is 2.30. The zero-order valence-corrected chi connectivity index (χ0v) is 11.5. The van der Waals surface area contributed by atoms with Crippen molar-refractivity contribution in [3.8, 4) is 0 Å². The third kappa shape index (κ3) is 3.34. The summed E-state index contributed by atoms with van der Waals surface area (Å²) in [6.45, 7) is 6.41. The van der Waals surface area contributed by atoms with Gasteiger partial charge in [0.2, 0.25) is 0 Å². The van der Waals surface area contributed by atoms with Crippen LogP contribution in [0.15, 0.2) is 22.7 Å². The third-order valence-electron chi connectivity index (χ3n) is 2.64.